The Balaban J connectivity index is 1.88. The molecular formula is C14H20N4S. The molecule has 5 heteroatoms. The molecule has 2 aromatic rings. The molecule has 0 bridgehead atoms. The Morgan fingerprint density at radius 1 is 1.26 bits per heavy atom. The van der Waals surface area contributed by atoms with Crippen LogP contribution in [0.4, 0.5) is 5.82 Å². The number of hydrogen-bond acceptors (Lipinski definition) is 5. The third-order valence-electron chi connectivity index (χ3n) is 4.02. The fraction of sp³-hybridized carbons (Fsp3) is 0.571. The zero-order valence-electron chi connectivity index (χ0n) is 11.7. The predicted molar refractivity (Wildman–Crippen MR) is 81.0 cm³/mol. The largest absolute Gasteiger partial charge is 0.367 e. The van der Waals surface area contributed by atoms with Gasteiger partial charge in [0.15, 0.2) is 0 Å². The second-order valence-corrected chi connectivity index (χ2v) is 6.61. The SMILES string of the molecule is Cc1sc2ncnc(NC3CCN(C)CC3)c2c1C. The lowest BCUT2D eigenvalue weighted by Gasteiger charge is -2.29. The number of nitrogens with zero attached hydrogens (tertiary/aromatic N) is 3. The molecule has 3 heterocycles. The molecule has 0 aromatic carbocycles. The molecular weight excluding hydrogens is 256 g/mol. The van der Waals surface area contributed by atoms with Crippen LogP contribution in [0, 0.1) is 13.8 Å². The third kappa shape index (κ3) is 2.44. The first-order valence-electron chi connectivity index (χ1n) is 6.81. The van der Waals surface area contributed by atoms with Gasteiger partial charge in [0.1, 0.15) is 17.0 Å². The summed E-state index contributed by atoms with van der Waals surface area (Å²) in [6.45, 7) is 6.64. The highest BCUT2D eigenvalue weighted by molar-refractivity contribution is 7.18. The minimum atomic E-state index is 0.536. The standard InChI is InChI=1S/C14H20N4S/c1-9-10(2)19-14-12(9)13(15-8-16-14)17-11-4-6-18(3)7-5-11/h8,11H,4-7H2,1-3H3,(H,15,16,17). The first kappa shape index (κ1) is 12.8. The smallest absolute Gasteiger partial charge is 0.138 e. The van der Waals surface area contributed by atoms with Crippen molar-refractivity contribution in [3.8, 4) is 0 Å². The molecule has 4 nitrogen and oxygen atoms in total. The summed E-state index contributed by atoms with van der Waals surface area (Å²) in [6, 6.07) is 0.536. The van der Waals surface area contributed by atoms with Crippen LogP contribution in [0.1, 0.15) is 23.3 Å². The fourth-order valence-electron chi connectivity index (χ4n) is 2.64. The topological polar surface area (TPSA) is 41.1 Å². The summed E-state index contributed by atoms with van der Waals surface area (Å²) < 4.78 is 0. The Morgan fingerprint density at radius 3 is 2.74 bits per heavy atom. The Labute approximate surface area is 117 Å². The summed E-state index contributed by atoms with van der Waals surface area (Å²) in [7, 11) is 2.19. The highest BCUT2D eigenvalue weighted by atomic mass is 32.1. The van der Waals surface area contributed by atoms with Gasteiger partial charge in [0, 0.05) is 10.9 Å². The quantitative estimate of drug-likeness (QED) is 0.916. The number of rotatable bonds is 2. The molecule has 19 heavy (non-hydrogen) atoms. The molecule has 1 fully saturated rings. The first-order chi connectivity index (χ1) is 9.15. The van der Waals surface area contributed by atoms with E-state index in [1.807, 2.05) is 0 Å². The lowest BCUT2D eigenvalue weighted by molar-refractivity contribution is 0.264. The predicted octanol–water partition coefficient (Wildman–Crippen LogP) is 2.81. The minimum absolute atomic E-state index is 0.536. The van der Waals surface area contributed by atoms with E-state index in [0.29, 0.717) is 6.04 Å². The van der Waals surface area contributed by atoms with Crippen molar-refractivity contribution in [1.82, 2.24) is 14.9 Å². The highest BCUT2D eigenvalue weighted by Crippen LogP contribution is 2.33. The summed E-state index contributed by atoms with van der Waals surface area (Å²) in [4.78, 5) is 13.7. The van der Waals surface area contributed by atoms with Crippen LogP contribution in [0.15, 0.2) is 6.33 Å². The van der Waals surface area contributed by atoms with Gasteiger partial charge < -0.3 is 10.2 Å². The zero-order chi connectivity index (χ0) is 13.4. The van der Waals surface area contributed by atoms with Gasteiger partial charge in [-0.3, -0.25) is 0 Å². The number of piperidine rings is 1. The van der Waals surface area contributed by atoms with E-state index in [0.717, 1.165) is 23.7 Å². The number of anilines is 1. The second-order valence-electron chi connectivity index (χ2n) is 5.41. The highest BCUT2D eigenvalue weighted by Gasteiger charge is 2.19. The molecule has 0 radical (unpaired) electrons. The summed E-state index contributed by atoms with van der Waals surface area (Å²) >= 11 is 1.76. The summed E-state index contributed by atoms with van der Waals surface area (Å²) in [5, 5.41) is 4.84. The van der Waals surface area contributed by atoms with Gasteiger partial charge >= 0.3 is 0 Å². The number of thiophene rings is 1. The van der Waals surface area contributed by atoms with E-state index in [1.165, 1.54) is 28.7 Å². The Bertz CT molecular complexity index is 584. The average Bonchev–Trinajstić information content (AvgIpc) is 2.69. The van der Waals surface area contributed by atoms with Crippen molar-refractivity contribution in [2.45, 2.75) is 32.7 Å². The molecule has 0 saturated carbocycles. The molecule has 2 aromatic heterocycles. The Hall–Kier alpha value is -1.20. The maximum atomic E-state index is 4.47. The third-order valence-corrected chi connectivity index (χ3v) is 5.14. The first-order valence-corrected chi connectivity index (χ1v) is 7.62. The van der Waals surface area contributed by atoms with Gasteiger partial charge in [0.25, 0.3) is 0 Å². The van der Waals surface area contributed by atoms with Crippen LogP contribution in [0.2, 0.25) is 0 Å². The molecule has 0 amide bonds. The lowest BCUT2D eigenvalue weighted by atomic mass is 10.1. The summed E-state index contributed by atoms with van der Waals surface area (Å²) in [5.74, 6) is 1.02. The number of fused-ring (bicyclic) bond motifs is 1. The number of likely N-dealkylation sites (tertiary alicyclic amines) is 1. The van der Waals surface area contributed by atoms with E-state index in [9.17, 15) is 0 Å². The van der Waals surface area contributed by atoms with Gasteiger partial charge in [-0.1, -0.05) is 0 Å². The van der Waals surface area contributed by atoms with Crippen LogP contribution < -0.4 is 5.32 Å². The lowest BCUT2D eigenvalue weighted by Crippen LogP contribution is -2.36. The molecule has 0 unspecified atom stereocenters. The Morgan fingerprint density at radius 2 is 2.00 bits per heavy atom. The fourth-order valence-corrected chi connectivity index (χ4v) is 3.63. The molecule has 1 aliphatic heterocycles. The van der Waals surface area contributed by atoms with Crippen molar-refractivity contribution in [2.75, 3.05) is 25.5 Å². The maximum Gasteiger partial charge on any atom is 0.138 e. The van der Waals surface area contributed by atoms with Crippen LogP contribution in [0.5, 0.6) is 0 Å². The van der Waals surface area contributed by atoms with Crippen LogP contribution in [-0.2, 0) is 0 Å². The van der Waals surface area contributed by atoms with E-state index in [2.05, 4.69) is 41.1 Å². The van der Waals surface area contributed by atoms with Gasteiger partial charge in [-0.15, -0.1) is 11.3 Å². The van der Waals surface area contributed by atoms with Crippen LogP contribution in [0.3, 0.4) is 0 Å². The van der Waals surface area contributed by atoms with Crippen molar-refractivity contribution in [3.63, 3.8) is 0 Å². The van der Waals surface area contributed by atoms with Crippen LogP contribution in [-0.4, -0.2) is 41.0 Å². The van der Waals surface area contributed by atoms with Crippen molar-refractivity contribution in [2.24, 2.45) is 0 Å². The summed E-state index contributed by atoms with van der Waals surface area (Å²) in [5.41, 5.74) is 1.32. The maximum absolute atomic E-state index is 4.47. The average molecular weight is 276 g/mol. The van der Waals surface area contributed by atoms with Crippen LogP contribution >= 0.6 is 11.3 Å². The monoisotopic (exact) mass is 276 g/mol. The molecule has 0 spiro atoms. The minimum Gasteiger partial charge on any atom is -0.367 e. The molecule has 0 aliphatic carbocycles. The van der Waals surface area contributed by atoms with Gasteiger partial charge in [-0.25, -0.2) is 9.97 Å². The van der Waals surface area contributed by atoms with E-state index in [1.54, 1.807) is 17.7 Å². The molecule has 1 aliphatic rings. The number of aromatic nitrogens is 2. The van der Waals surface area contributed by atoms with E-state index >= 15 is 0 Å². The van der Waals surface area contributed by atoms with E-state index < -0.39 is 0 Å². The molecule has 1 saturated heterocycles. The zero-order valence-corrected chi connectivity index (χ0v) is 12.5. The summed E-state index contributed by atoms with van der Waals surface area (Å²) in [6.07, 6.45) is 4.04. The van der Waals surface area contributed by atoms with Crippen LogP contribution in [0.25, 0.3) is 10.2 Å². The Kier molecular flexibility index (Phi) is 3.41. The van der Waals surface area contributed by atoms with Crippen molar-refractivity contribution < 1.29 is 0 Å². The van der Waals surface area contributed by atoms with Gasteiger partial charge in [0.2, 0.25) is 0 Å². The normalized spacial score (nSPS) is 18.1. The van der Waals surface area contributed by atoms with E-state index in [-0.39, 0.29) is 0 Å². The molecule has 1 N–H and O–H groups in total. The van der Waals surface area contributed by atoms with Crippen molar-refractivity contribution in [3.05, 3.63) is 16.8 Å². The number of hydrogen-bond donors (Lipinski definition) is 1. The second kappa shape index (κ2) is 5.06. The van der Waals surface area contributed by atoms with Gasteiger partial charge in [0.05, 0.1) is 5.39 Å². The molecule has 3 rings (SSSR count). The van der Waals surface area contributed by atoms with Crippen molar-refractivity contribution in [1.29, 1.82) is 0 Å². The molecule has 0 atom stereocenters. The number of nitrogens with one attached hydrogen (secondary N) is 1. The van der Waals surface area contributed by atoms with E-state index in [4.69, 9.17) is 0 Å². The van der Waals surface area contributed by atoms with Gasteiger partial charge in [-0.2, -0.15) is 0 Å². The van der Waals surface area contributed by atoms with Gasteiger partial charge in [-0.05, 0) is 52.4 Å². The van der Waals surface area contributed by atoms with Crippen molar-refractivity contribution >= 4 is 27.4 Å². The number of aryl methyl sites for hydroxylation is 2. The molecule has 102 valence electrons.